The van der Waals surface area contributed by atoms with Crippen molar-refractivity contribution in [1.29, 1.82) is 0 Å². The van der Waals surface area contributed by atoms with Gasteiger partial charge in [-0.1, -0.05) is 0 Å². The topological polar surface area (TPSA) is 121 Å². The average molecular weight is 233 g/mol. The van der Waals surface area contributed by atoms with E-state index in [0.717, 1.165) is 0 Å². The Kier molecular flexibility index (Phi) is 2.02. The molecule has 0 spiro atoms. The number of imidazole rings is 1. The highest BCUT2D eigenvalue weighted by molar-refractivity contribution is 5.83. The van der Waals surface area contributed by atoms with Gasteiger partial charge in [0.2, 0.25) is 0 Å². The lowest BCUT2D eigenvalue weighted by atomic mass is 10.2. The molecule has 7 nitrogen and oxygen atoms in total. The third-order valence-corrected chi connectivity index (χ3v) is 2.88. The first-order valence-electron chi connectivity index (χ1n) is 5.24. The van der Waals surface area contributed by atoms with Crippen LogP contribution in [0.2, 0.25) is 0 Å². The standard InChI is InChI=1S/C10H11N5O2/c11-8-6-10(13-3-12-6)15-9(14-8)4-1-2-5(16)7(4)17/h3,5,16-17H,1-2H2,(H3,11,12,13,14,15). The summed E-state index contributed by atoms with van der Waals surface area (Å²) in [5.41, 5.74) is 7.33. The first-order chi connectivity index (χ1) is 8.16. The fourth-order valence-corrected chi connectivity index (χ4v) is 1.96. The molecule has 88 valence electrons. The SMILES string of the molecule is Nc1nc(C2=C(O)C(O)CC2)nc2nc[nH]c12. The Morgan fingerprint density at radius 2 is 2.24 bits per heavy atom. The second-order valence-corrected chi connectivity index (χ2v) is 3.95. The second kappa shape index (κ2) is 3.42. The Morgan fingerprint density at radius 1 is 1.41 bits per heavy atom. The molecular formula is C10H11N5O2. The molecule has 3 rings (SSSR count). The van der Waals surface area contributed by atoms with Crippen molar-refractivity contribution in [3.05, 3.63) is 17.9 Å². The number of aliphatic hydroxyl groups excluding tert-OH is 2. The first kappa shape index (κ1) is 10.0. The van der Waals surface area contributed by atoms with Gasteiger partial charge in [0.15, 0.2) is 17.3 Å². The summed E-state index contributed by atoms with van der Waals surface area (Å²) in [6.07, 6.45) is 1.66. The number of aliphatic hydroxyl groups is 2. The number of aromatic amines is 1. The molecule has 5 N–H and O–H groups in total. The van der Waals surface area contributed by atoms with E-state index in [1.165, 1.54) is 6.33 Å². The molecule has 0 radical (unpaired) electrons. The van der Waals surface area contributed by atoms with Crippen molar-refractivity contribution in [2.75, 3.05) is 5.73 Å². The molecule has 0 aromatic carbocycles. The monoisotopic (exact) mass is 233 g/mol. The van der Waals surface area contributed by atoms with Gasteiger partial charge < -0.3 is 20.9 Å². The number of anilines is 1. The highest BCUT2D eigenvalue weighted by atomic mass is 16.3. The van der Waals surface area contributed by atoms with Gasteiger partial charge in [-0.2, -0.15) is 0 Å². The molecule has 2 heterocycles. The van der Waals surface area contributed by atoms with E-state index in [2.05, 4.69) is 19.9 Å². The molecular weight excluding hydrogens is 222 g/mol. The van der Waals surface area contributed by atoms with E-state index in [4.69, 9.17) is 5.73 Å². The zero-order valence-electron chi connectivity index (χ0n) is 8.88. The maximum absolute atomic E-state index is 9.71. The zero-order valence-corrected chi connectivity index (χ0v) is 8.88. The normalized spacial score (nSPS) is 20.4. The number of nitrogens with two attached hydrogens (primary N) is 1. The summed E-state index contributed by atoms with van der Waals surface area (Å²) in [5, 5.41) is 19.2. The van der Waals surface area contributed by atoms with Crippen molar-refractivity contribution in [2.45, 2.75) is 18.9 Å². The number of allylic oxidation sites excluding steroid dienone is 1. The van der Waals surface area contributed by atoms with Gasteiger partial charge >= 0.3 is 0 Å². The molecule has 0 amide bonds. The molecule has 17 heavy (non-hydrogen) atoms. The second-order valence-electron chi connectivity index (χ2n) is 3.95. The smallest absolute Gasteiger partial charge is 0.183 e. The number of hydrogen-bond donors (Lipinski definition) is 4. The lowest BCUT2D eigenvalue weighted by Gasteiger charge is -2.03. The summed E-state index contributed by atoms with van der Waals surface area (Å²) in [5.74, 6) is 0.541. The molecule has 0 aliphatic heterocycles. The van der Waals surface area contributed by atoms with E-state index in [9.17, 15) is 10.2 Å². The van der Waals surface area contributed by atoms with Crippen LogP contribution in [-0.4, -0.2) is 36.3 Å². The van der Waals surface area contributed by atoms with Crippen LogP contribution < -0.4 is 5.73 Å². The van der Waals surface area contributed by atoms with Gasteiger partial charge in [0.1, 0.15) is 17.4 Å². The number of nitrogens with zero attached hydrogens (tertiary/aromatic N) is 3. The Balaban J connectivity index is 2.18. The quantitative estimate of drug-likeness (QED) is 0.564. The summed E-state index contributed by atoms with van der Waals surface area (Å²) >= 11 is 0. The molecule has 2 aromatic rings. The van der Waals surface area contributed by atoms with Crippen LogP contribution in [0.5, 0.6) is 0 Å². The van der Waals surface area contributed by atoms with Gasteiger partial charge in [0, 0.05) is 5.57 Å². The number of H-pyrrole nitrogens is 1. The van der Waals surface area contributed by atoms with Crippen LogP contribution in [0.3, 0.4) is 0 Å². The fourth-order valence-electron chi connectivity index (χ4n) is 1.96. The van der Waals surface area contributed by atoms with Gasteiger partial charge in [-0.25, -0.2) is 15.0 Å². The molecule has 1 unspecified atom stereocenters. The molecule has 1 aliphatic rings. The summed E-state index contributed by atoms with van der Waals surface area (Å²) < 4.78 is 0. The summed E-state index contributed by atoms with van der Waals surface area (Å²) in [7, 11) is 0. The van der Waals surface area contributed by atoms with Crippen LogP contribution in [0.1, 0.15) is 18.7 Å². The zero-order chi connectivity index (χ0) is 12.0. The summed E-state index contributed by atoms with van der Waals surface area (Å²) in [6.45, 7) is 0. The van der Waals surface area contributed by atoms with Gasteiger partial charge in [-0.3, -0.25) is 0 Å². The van der Waals surface area contributed by atoms with Crippen LogP contribution in [-0.2, 0) is 0 Å². The van der Waals surface area contributed by atoms with E-state index in [1.807, 2.05) is 0 Å². The first-order valence-corrected chi connectivity index (χ1v) is 5.24. The average Bonchev–Trinajstić information content (AvgIpc) is 2.88. The Hall–Kier alpha value is -2.15. The lowest BCUT2D eigenvalue weighted by molar-refractivity contribution is 0.159. The number of hydrogen-bond acceptors (Lipinski definition) is 6. The molecule has 0 fully saturated rings. The minimum Gasteiger partial charge on any atom is -0.509 e. The Morgan fingerprint density at radius 3 is 2.94 bits per heavy atom. The van der Waals surface area contributed by atoms with Gasteiger partial charge in [0.05, 0.1) is 6.33 Å². The molecule has 1 aliphatic carbocycles. The number of nitrogen functional groups attached to an aromatic ring is 1. The molecule has 0 saturated carbocycles. The third kappa shape index (κ3) is 1.43. The predicted molar refractivity (Wildman–Crippen MR) is 60.9 cm³/mol. The highest BCUT2D eigenvalue weighted by Gasteiger charge is 2.26. The Labute approximate surface area is 96.0 Å². The molecule has 0 bridgehead atoms. The summed E-state index contributed by atoms with van der Waals surface area (Å²) in [4.78, 5) is 15.1. The van der Waals surface area contributed by atoms with Crippen LogP contribution in [0.25, 0.3) is 16.7 Å². The van der Waals surface area contributed by atoms with Gasteiger partial charge in [0.25, 0.3) is 0 Å². The van der Waals surface area contributed by atoms with Crippen LogP contribution in [0.15, 0.2) is 12.1 Å². The van der Waals surface area contributed by atoms with E-state index in [-0.39, 0.29) is 11.6 Å². The fraction of sp³-hybridized carbons (Fsp3) is 0.300. The number of aromatic nitrogens is 4. The van der Waals surface area contributed by atoms with Crippen LogP contribution in [0.4, 0.5) is 5.82 Å². The maximum atomic E-state index is 9.71. The predicted octanol–water partition coefficient (Wildman–Crippen LogP) is 0.359. The number of rotatable bonds is 1. The van der Waals surface area contributed by atoms with Crippen molar-refractivity contribution in [2.24, 2.45) is 0 Å². The highest BCUT2D eigenvalue weighted by Crippen LogP contribution is 2.31. The van der Waals surface area contributed by atoms with E-state index < -0.39 is 6.10 Å². The number of fused-ring (bicyclic) bond motifs is 1. The number of nitrogens with one attached hydrogen (secondary N) is 1. The van der Waals surface area contributed by atoms with Gasteiger partial charge in [-0.05, 0) is 12.8 Å². The van der Waals surface area contributed by atoms with Crippen LogP contribution in [0, 0.1) is 0 Å². The van der Waals surface area contributed by atoms with Crippen molar-refractivity contribution < 1.29 is 10.2 Å². The lowest BCUT2D eigenvalue weighted by Crippen LogP contribution is -2.04. The van der Waals surface area contributed by atoms with Crippen molar-refractivity contribution >= 4 is 22.6 Å². The van der Waals surface area contributed by atoms with Crippen molar-refractivity contribution in [3.8, 4) is 0 Å². The van der Waals surface area contributed by atoms with Crippen molar-refractivity contribution in [3.63, 3.8) is 0 Å². The van der Waals surface area contributed by atoms with E-state index in [1.54, 1.807) is 0 Å². The van der Waals surface area contributed by atoms with Crippen molar-refractivity contribution in [1.82, 2.24) is 19.9 Å². The van der Waals surface area contributed by atoms with Gasteiger partial charge in [-0.15, -0.1) is 0 Å². The van der Waals surface area contributed by atoms with E-state index >= 15 is 0 Å². The maximum Gasteiger partial charge on any atom is 0.183 e. The Bertz CT molecular complexity index is 618. The third-order valence-electron chi connectivity index (χ3n) is 2.88. The molecule has 0 saturated heterocycles. The minimum atomic E-state index is -0.829. The minimum absolute atomic E-state index is 0.0701. The largest absolute Gasteiger partial charge is 0.509 e. The molecule has 2 aromatic heterocycles. The summed E-state index contributed by atoms with van der Waals surface area (Å²) in [6, 6.07) is 0. The molecule has 7 heteroatoms. The molecule has 1 atom stereocenters. The van der Waals surface area contributed by atoms with E-state index in [0.29, 0.717) is 35.4 Å². The van der Waals surface area contributed by atoms with Crippen LogP contribution >= 0.6 is 0 Å².